The lowest BCUT2D eigenvalue weighted by Gasteiger charge is -2.11. The van der Waals surface area contributed by atoms with Crippen LogP contribution in [0.4, 0.5) is 4.79 Å². The zero-order valence-electron chi connectivity index (χ0n) is 12.7. The van der Waals surface area contributed by atoms with E-state index in [2.05, 4.69) is 33.8 Å². The largest absolute Gasteiger partial charge is 0.341 e. The van der Waals surface area contributed by atoms with E-state index < -0.39 is 6.03 Å². The molecular formula is C15H18N4O2S. The van der Waals surface area contributed by atoms with Gasteiger partial charge in [0.1, 0.15) is 0 Å². The molecule has 0 bridgehead atoms. The van der Waals surface area contributed by atoms with Crippen molar-refractivity contribution in [2.75, 3.05) is 12.8 Å². The Hall–Kier alpha value is -2.28. The van der Waals surface area contributed by atoms with E-state index in [0.29, 0.717) is 5.16 Å². The molecule has 0 aliphatic rings. The summed E-state index contributed by atoms with van der Waals surface area (Å²) in [5, 5.41) is 5.27. The second-order valence-corrected chi connectivity index (χ2v) is 5.73. The third-order valence-electron chi connectivity index (χ3n) is 3.04. The molecule has 0 radical (unpaired) electrons. The summed E-state index contributed by atoms with van der Waals surface area (Å²) >= 11 is 1.28. The Labute approximate surface area is 133 Å². The minimum Gasteiger partial charge on any atom is -0.341 e. The number of nitrogens with zero attached hydrogens (tertiary/aromatic N) is 2. The Morgan fingerprint density at radius 2 is 2.09 bits per heavy atom. The Bertz CT molecular complexity index is 697. The molecule has 116 valence electrons. The number of imide groups is 1. The Balaban J connectivity index is 2.12. The van der Waals surface area contributed by atoms with E-state index in [1.165, 1.54) is 18.8 Å². The number of imidazole rings is 1. The van der Waals surface area contributed by atoms with E-state index in [-0.39, 0.29) is 11.7 Å². The summed E-state index contributed by atoms with van der Waals surface area (Å²) in [5.41, 5.74) is 3.31. The fraction of sp³-hybridized carbons (Fsp3) is 0.267. The first-order chi connectivity index (χ1) is 10.5. The van der Waals surface area contributed by atoms with E-state index >= 15 is 0 Å². The van der Waals surface area contributed by atoms with Crippen molar-refractivity contribution in [1.29, 1.82) is 0 Å². The van der Waals surface area contributed by atoms with E-state index in [1.807, 2.05) is 24.6 Å². The van der Waals surface area contributed by atoms with Gasteiger partial charge in [0, 0.05) is 19.4 Å². The number of nitrogens with one attached hydrogen (secondary N) is 2. The molecular weight excluding hydrogens is 300 g/mol. The minimum atomic E-state index is -0.511. The lowest BCUT2D eigenvalue weighted by Crippen LogP contribution is -2.38. The topological polar surface area (TPSA) is 76.0 Å². The predicted molar refractivity (Wildman–Crippen MR) is 86.4 cm³/mol. The highest BCUT2D eigenvalue weighted by molar-refractivity contribution is 7.99. The van der Waals surface area contributed by atoms with Crippen molar-refractivity contribution in [1.82, 2.24) is 20.2 Å². The summed E-state index contributed by atoms with van der Waals surface area (Å²) in [6.07, 6.45) is 3.56. The van der Waals surface area contributed by atoms with Crippen LogP contribution >= 0.6 is 11.8 Å². The smallest absolute Gasteiger partial charge is 0.321 e. The summed E-state index contributed by atoms with van der Waals surface area (Å²) in [6.45, 7) is 4.06. The lowest BCUT2D eigenvalue weighted by molar-refractivity contribution is -0.117. The number of urea groups is 1. The van der Waals surface area contributed by atoms with Crippen molar-refractivity contribution in [3.8, 4) is 5.69 Å². The Morgan fingerprint density at radius 3 is 2.82 bits per heavy atom. The van der Waals surface area contributed by atoms with Crippen molar-refractivity contribution in [3.63, 3.8) is 0 Å². The summed E-state index contributed by atoms with van der Waals surface area (Å²) in [7, 11) is 1.46. The quantitative estimate of drug-likeness (QED) is 0.846. The molecule has 0 spiro atoms. The monoisotopic (exact) mass is 318 g/mol. The van der Waals surface area contributed by atoms with Crippen LogP contribution in [0.25, 0.3) is 5.69 Å². The maximum absolute atomic E-state index is 11.6. The van der Waals surface area contributed by atoms with Gasteiger partial charge in [-0.3, -0.25) is 14.7 Å². The second kappa shape index (κ2) is 7.13. The van der Waals surface area contributed by atoms with E-state index in [0.717, 1.165) is 16.8 Å². The van der Waals surface area contributed by atoms with E-state index in [4.69, 9.17) is 0 Å². The van der Waals surface area contributed by atoms with Gasteiger partial charge in [0.15, 0.2) is 5.16 Å². The standard InChI is InChI=1S/C15H18N4O2S/c1-10-4-5-11(2)12(8-10)19-7-6-17-15(19)22-9-13(20)18-14(21)16-3/h4-8H,9H2,1-3H3,(H2,16,18,20,21). The van der Waals surface area contributed by atoms with Crippen LogP contribution in [-0.4, -0.2) is 34.3 Å². The summed E-state index contributed by atoms with van der Waals surface area (Å²) < 4.78 is 1.94. The highest BCUT2D eigenvalue weighted by atomic mass is 32.2. The molecule has 0 fully saturated rings. The van der Waals surface area contributed by atoms with Crippen molar-refractivity contribution < 1.29 is 9.59 Å². The van der Waals surface area contributed by atoms with Crippen molar-refractivity contribution in [2.45, 2.75) is 19.0 Å². The van der Waals surface area contributed by atoms with E-state index in [1.54, 1.807) is 6.20 Å². The summed E-state index contributed by atoms with van der Waals surface area (Å²) in [5.74, 6) is -0.241. The Kier molecular flexibility index (Phi) is 5.21. The molecule has 0 saturated carbocycles. The number of rotatable bonds is 4. The number of aromatic nitrogens is 2. The highest BCUT2D eigenvalue weighted by Gasteiger charge is 2.12. The van der Waals surface area contributed by atoms with Gasteiger partial charge in [-0.25, -0.2) is 9.78 Å². The van der Waals surface area contributed by atoms with Crippen LogP contribution in [-0.2, 0) is 4.79 Å². The van der Waals surface area contributed by atoms with Crippen LogP contribution in [0.3, 0.4) is 0 Å². The Morgan fingerprint density at radius 1 is 1.32 bits per heavy atom. The predicted octanol–water partition coefficient (Wildman–Crippen LogP) is 2.04. The van der Waals surface area contributed by atoms with Crippen molar-refractivity contribution in [3.05, 3.63) is 41.7 Å². The van der Waals surface area contributed by atoms with Gasteiger partial charge in [0.2, 0.25) is 5.91 Å². The first-order valence-electron chi connectivity index (χ1n) is 6.76. The second-order valence-electron chi connectivity index (χ2n) is 4.79. The number of carbonyl (C=O) groups is 2. The molecule has 2 aromatic rings. The number of thioether (sulfide) groups is 1. The van der Waals surface area contributed by atoms with Crippen LogP contribution in [0.15, 0.2) is 35.7 Å². The maximum atomic E-state index is 11.6. The van der Waals surface area contributed by atoms with Crippen molar-refractivity contribution >= 4 is 23.7 Å². The molecule has 0 aliphatic heterocycles. The third-order valence-corrected chi connectivity index (χ3v) is 4.01. The van der Waals surface area contributed by atoms with Crippen LogP contribution in [0.2, 0.25) is 0 Å². The van der Waals surface area contributed by atoms with Crippen LogP contribution < -0.4 is 10.6 Å². The van der Waals surface area contributed by atoms with E-state index in [9.17, 15) is 9.59 Å². The molecule has 1 aromatic carbocycles. The molecule has 2 rings (SSSR count). The zero-order chi connectivity index (χ0) is 16.1. The van der Waals surface area contributed by atoms with Gasteiger partial charge in [-0.2, -0.15) is 0 Å². The lowest BCUT2D eigenvalue weighted by atomic mass is 10.1. The number of hydrogen-bond donors (Lipinski definition) is 2. The molecule has 0 saturated heterocycles. The highest BCUT2D eigenvalue weighted by Crippen LogP contribution is 2.23. The number of amides is 3. The molecule has 1 heterocycles. The summed E-state index contributed by atoms with van der Waals surface area (Å²) in [4.78, 5) is 27.0. The molecule has 0 aliphatic carbocycles. The number of hydrogen-bond acceptors (Lipinski definition) is 4. The number of benzene rings is 1. The fourth-order valence-electron chi connectivity index (χ4n) is 1.91. The number of carbonyl (C=O) groups excluding carboxylic acids is 2. The van der Waals surface area contributed by atoms with Crippen LogP contribution in [0.5, 0.6) is 0 Å². The molecule has 7 heteroatoms. The summed E-state index contributed by atoms with van der Waals surface area (Å²) in [6, 6.07) is 5.67. The minimum absolute atomic E-state index is 0.120. The van der Waals surface area contributed by atoms with Gasteiger partial charge in [-0.15, -0.1) is 0 Å². The SMILES string of the molecule is CNC(=O)NC(=O)CSc1nccn1-c1cc(C)ccc1C. The van der Waals surface area contributed by atoms with Gasteiger partial charge in [-0.1, -0.05) is 23.9 Å². The molecule has 22 heavy (non-hydrogen) atoms. The van der Waals surface area contributed by atoms with Gasteiger partial charge in [0.05, 0.1) is 11.4 Å². The number of aryl methyl sites for hydroxylation is 2. The fourth-order valence-corrected chi connectivity index (χ4v) is 2.68. The molecule has 0 atom stereocenters. The first kappa shape index (κ1) is 16.1. The molecule has 0 unspecified atom stereocenters. The van der Waals surface area contributed by atoms with Gasteiger partial charge in [0.25, 0.3) is 0 Å². The first-order valence-corrected chi connectivity index (χ1v) is 7.75. The normalized spacial score (nSPS) is 10.3. The third kappa shape index (κ3) is 3.88. The van der Waals surface area contributed by atoms with Crippen LogP contribution in [0, 0.1) is 13.8 Å². The molecule has 6 nitrogen and oxygen atoms in total. The average Bonchev–Trinajstić information content (AvgIpc) is 2.95. The maximum Gasteiger partial charge on any atom is 0.321 e. The molecule has 2 N–H and O–H groups in total. The van der Waals surface area contributed by atoms with Gasteiger partial charge in [-0.05, 0) is 31.0 Å². The van der Waals surface area contributed by atoms with Gasteiger partial charge < -0.3 is 5.32 Å². The molecule has 1 aromatic heterocycles. The van der Waals surface area contributed by atoms with Crippen LogP contribution in [0.1, 0.15) is 11.1 Å². The molecule has 3 amide bonds. The zero-order valence-corrected chi connectivity index (χ0v) is 13.5. The average molecular weight is 318 g/mol. The van der Waals surface area contributed by atoms with Gasteiger partial charge >= 0.3 is 6.03 Å². The van der Waals surface area contributed by atoms with Crippen molar-refractivity contribution in [2.24, 2.45) is 0 Å².